The Morgan fingerprint density at radius 1 is 1.23 bits per heavy atom. The fraction of sp³-hybridized carbons (Fsp3) is 0.133. The Labute approximate surface area is 124 Å². The van der Waals surface area contributed by atoms with Gasteiger partial charge in [-0.1, -0.05) is 6.58 Å². The van der Waals surface area contributed by atoms with Gasteiger partial charge >= 0.3 is 6.18 Å². The predicted octanol–water partition coefficient (Wildman–Crippen LogP) is 3.68. The van der Waals surface area contributed by atoms with E-state index in [0.717, 1.165) is 18.2 Å². The normalized spacial score (nSPS) is 11.3. The van der Waals surface area contributed by atoms with Gasteiger partial charge in [-0.25, -0.2) is 9.37 Å². The number of nitrogens with two attached hydrogens (primary N) is 1. The first-order valence-corrected chi connectivity index (χ1v) is 6.24. The van der Waals surface area contributed by atoms with Gasteiger partial charge in [-0.3, -0.25) is 0 Å². The SMILES string of the molecule is C=C(NC)c1nc(-c2ccc(F)cc2)c(C(F)(F)F)cc1N. The van der Waals surface area contributed by atoms with Crippen molar-refractivity contribution in [3.63, 3.8) is 0 Å². The predicted molar refractivity (Wildman–Crippen MR) is 77.1 cm³/mol. The number of nitrogens with zero attached hydrogens (tertiary/aromatic N) is 1. The van der Waals surface area contributed by atoms with Crippen molar-refractivity contribution in [1.29, 1.82) is 0 Å². The third-order valence-electron chi connectivity index (χ3n) is 3.06. The van der Waals surface area contributed by atoms with Gasteiger partial charge in [0.2, 0.25) is 0 Å². The number of alkyl halides is 3. The van der Waals surface area contributed by atoms with Gasteiger partial charge < -0.3 is 11.1 Å². The molecule has 0 aliphatic carbocycles. The number of nitrogen functional groups attached to an aromatic ring is 1. The molecule has 0 radical (unpaired) electrons. The van der Waals surface area contributed by atoms with Crippen LogP contribution in [0.4, 0.5) is 23.2 Å². The molecule has 2 aromatic rings. The van der Waals surface area contributed by atoms with E-state index < -0.39 is 17.6 Å². The van der Waals surface area contributed by atoms with Crippen LogP contribution in [0.25, 0.3) is 17.0 Å². The van der Waals surface area contributed by atoms with Crippen molar-refractivity contribution in [2.45, 2.75) is 6.18 Å². The van der Waals surface area contributed by atoms with E-state index in [1.165, 1.54) is 12.1 Å². The van der Waals surface area contributed by atoms with Gasteiger partial charge in [0.1, 0.15) is 11.5 Å². The minimum absolute atomic E-state index is 0.120. The molecule has 7 heteroatoms. The molecule has 1 aromatic heterocycles. The van der Waals surface area contributed by atoms with Crippen LogP contribution in [-0.4, -0.2) is 12.0 Å². The largest absolute Gasteiger partial charge is 0.418 e. The third kappa shape index (κ3) is 3.03. The second-order valence-corrected chi connectivity index (χ2v) is 4.56. The molecule has 0 aliphatic rings. The Morgan fingerprint density at radius 3 is 2.32 bits per heavy atom. The molecule has 0 saturated carbocycles. The first-order chi connectivity index (χ1) is 10.2. The molecule has 3 N–H and O–H groups in total. The molecule has 0 unspecified atom stereocenters. The lowest BCUT2D eigenvalue weighted by molar-refractivity contribution is -0.137. The summed E-state index contributed by atoms with van der Waals surface area (Å²) in [7, 11) is 1.55. The first-order valence-electron chi connectivity index (χ1n) is 6.24. The van der Waals surface area contributed by atoms with Crippen LogP contribution >= 0.6 is 0 Å². The average molecular weight is 311 g/mol. The van der Waals surface area contributed by atoms with Crippen LogP contribution in [0.15, 0.2) is 36.9 Å². The molecule has 2 rings (SSSR count). The smallest absolute Gasteiger partial charge is 0.397 e. The molecule has 0 saturated heterocycles. The van der Waals surface area contributed by atoms with E-state index in [-0.39, 0.29) is 28.3 Å². The first kappa shape index (κ1) is 15.8. The van der Waals surface area contributed by atoms with Gasteiger partial charge in [0, 0.05) is 12.6 Å². The van der Waals surface area contributed by atoms with Crippen LogP contribution in [-0.2, 0) is 6.18 Å². The van der Waals surface area contributed by atoms with E-state index in [4.69, 9.17) is 5.73 Å². The molecule has 0 amide bonds. The molecule has 116 valence electrons. The van der Waals surface area contributed by atoms with Gasteiger partial charge in [-0.05, 0) is 30.3 Å². The Kier molecular flexibility index (Phi) is 4.07. The van der Waals surface area contributed by atoms with Crippen LogP contribution in [0.5, 0.6) is 0 Å². The molecule has 1 heterocycles. The van der Waals surface area contributed by atoms with E-state index in [9.17, 15) is 17.6 Å². The number of nitrogens with one attached hydrogen (secondary N) is 1. The van der Waals surface area contributed by atoms with Crippen molar-refractivity contribution in [1.82, 2.24) is 10.3 Å². The maximum atomic E-state index is 13.2. The fourth-order valence-corrected chi connectivity index (χ4v) is 1.93. The minimum atomic E-state index is -4.63. The zero-order valence-corrected chi connectivity index (χ0v) is 11.6. The highest BCUT2D eigenvalue weighted by atomic mass is 19.4. The van der Waals surface area contributed by atoms with Crippen molar-refractivity contribution >= 4 is 11.4 Å². The van der Waals surface area contributed by atoms with Crippen molar-refractivity contribution in [2.24, 2.45) is 0 Å². The lowest BCUT2D eigenvalue weighted by Crippen LogP contribution is -2.14. The van der Waals surface area contributed by atoms with E-state index >= 15 is 0 Å². The molecule has 3 nitrogen and oxygen atoms in total. The highest BCUT2D eigenvalue weighted by molar-refractivity contribution is 5.75. The Bertz CT molecular complexity index is 706. The fourth-order valence-electron chi connectivity index (χ4n) is 1.93. The number of aromatic nitrogens is 1. The van der Waals surface area contributed by atoms with E-state index in [2.05, 4.69) is 16.9 Å². The van der Waals surface area contributed by atoms with Crippen molar-refractivity contribution in [3.8, 4) is 11.3 Å². The number of pyridine rings is 1. The van der Waals surface area contributed by atoms with Crippen LogP contribution in [0.1, 0.15) is 11.3 Å². The summed E-state index contributed by atoms with van der Waals surface area (Å²) in [6.45, 7) is 3.65. The zero-order valence-electron chi connectivity index (χ0n) is 11.6. The summed E-state index contributed by atoms with van der Waals surface area (Å²) in [5.74, 6) is -0.549. The highest BCUT2D eigenvalue weighted by Gasteiger charge is 2.35. The summed E-state index contributed by atoms with van der Waals surface area (Å²) in [6.07, 6.45) is -4.63. The maximum Gasteiger partial charge on any atom is 0.418 e. The second kappa shape index (κ2) is 5.67. The van der Waals surface area contributed by atoms with Crippen molar-refractivity contribution in [2.75, 3.05) is 12.8 Å². The molecule has 0 spiro atoms. The highest BCUT2D eigenvalue weighted by Crippen LogP contribution is 2.38. The van der Waals surface area contributed by atoms with Gasteiger partial charge in [0.25, 0.3) is 0 Å². The summed E-state index contributed by atoms with van der Waals surface area (Å²) < 4.78 is 52.6. The summed E-state index contributed by atoms with van der Waals surface area (Å²) >= 11 is 0. The van der Waals surface area contributed by atoms with Crippen molar-refractivity contribution < 1.29 is 17.6 Å². The number of anilines is 1. The van der Waals surface area contributed by atoms with Gasteiger partial charge in [-0.15, -0.1) is 0 Å². The summed E-state index contributed by atoms with van der Waals surface area (Å²) in [5, 5.41) is 2.69. The molecule has 22 heavy (non-hydrogen) atoms. The lowest BCUT2D eigenvalue weighted by Gasteiger charge is -2.16. The van der Waals surface area contributed by atoms with Crippen LogP contribution in [0.2, 0.25) is 0 Å². The molecule has 0 atom stereocenters. The molecular weight excluding hydrogens is 298 g/mol. The topological polar surface area (TPSA) is 50.9 Å². The summed E-state index contributed by atoms with van der Waals surface area (Å²) in [6, 6.07) is 5.41. The van der Waals surface area contributed by atoms with Crippen LogP contribution in [0, 0.1) is 5.82 Å². The Balaban J connectivity index is 2.72. The molecule has 0 aliphatic heterocycles. The number of halogens is 4. The number of hydrogen-bond acceptors (Lipinski definition) is 3. The standard InChI is InChI=1S/C15H13F4N3/c1-8(21-2)13-12(20)7-11(15(17,18)19)14(22-13)9-3-5-10(16)6-4-9/h3-7,21H,1,20H2,2H3. The maximum absolute atomic E-state index is 13.2. The van der Waals surface area contributed by atoms with Crippen molar-refractivity contribution in [3.05, 3.63) is 54.0 Å². The second-order valence-electron chi connectivity index (χ2n) is 4.56. The van der Waals surface area contributed by atoms with Gasteiger partial charge in [0.05, 0.1) is 22.6 Å². The Hall–Kier alpha value is -2.57. The number of rotatable bonds is 3. The Morgan fingerprint density at radius 2 is 1.82 bits per heavy atom. The van der Waals surface area contributed by atoms with Crippen LogP contribution in [0.3, 0.4) is 0 Å². The quantitative estimate of drug-likeness (QED) is 0.850. The monoisotopic (exact) mass is 311 g/mol. The van der Waals surface area contributed by atoms with E-state index in [1.807, 2.05) is 0 Å². The number of hydrogen-bond donors (Lipinski definition) is 2. The third-order valence-corrected chi connectivity index (χ3v) is 3.06. The van der Waals surface area contributed by atoms with Gasteiger partial charge in [0.15, 0.2) is 0 Å². The molecule has 0 bridgehead atoms. The molecular formula is C15H13F4N3. The number of benzene rings is 1. The zero-order chi connectivity index (χ0) is 16.5. The average Bonchev–Trinajstić information content (AvgIpc) is 2.46. The summed E-state index contributed by atoms with van der Waals surface area (Å²) in [4.78, 5) is 3.98. The summed E-state index contributed by atoms with van der Waals surface area (Å²) in [5.41, 5.74) is 4.74. The minimum Gasteiger partial charge on any atom is -0.397 e. The van der Waals surface area contributed by atoms with Crippen LogP contribution < -0.4 is 11.1 Å². The van der Waals surface area contributed by atoms with E-state index in [1.54, 1.807) is 7.05 Å². The lowest BCUT2D eigenvalue weighted by atomic mass is 10.0. The van der Waals surface area contributed by atoms with E-state index in [0.29, 0.717) is 0 Å². The molecule has 1 aromatic carbocycles. The van der Waals surface area contributed by atoms with Gasteiger partial charge in [-0.2, -0.15) is 13.2 Å². The molecule has 0 fully saturated rings.